The third-order valence-corrected chi connectivity index (χ3v) is 3.18. The van der Waals surface area contributed by atoms with E-state index < -0.39 is 0 Å². The Balaban J connectivity index is 2.15. The van der Waals surface area contributed by atoms with Gasteiger partial charge in [-0.05, 0) is 0 Å². The van der Waals surface area contributed by atoms with Gasteiger partial charge in [0.2, 0.25) is 0 Å². The summed E-state index contributed by atoms with van der Waals surface area (Å²) < 4.78 is 12.1. The summed E-state index contributed by atoms with van der Waals surface area (Å²) in [6, 6.07) is 0. The number of hydrogen-bond donors (Lipinski definition) is 0. The van der Waals surface area contributed by atoms with Gasteiger partial charge in [0.1, 0.15) is 12.5 Å². The minimum absolute atomic E-state index is 0.146. The van der Waals surface area contributed by atoms with Gasteiger partial charge in [-0.1, -0.05) is 13.8 Å². The number of halogens is 1. The molecule has 0 aromatic carbocycles. The van der Waals surface area contributed by atoms with Crippen molar-refractivity contribution in [1.29, 1.82) is 0 Å². The first-order chi connectivity index (χ1) is 7.63. The molecule has 0 bridgehead atoms. The molecule has 94 valence electrons. The van der Waals surface area contributed by atoms with Crippen LogP contribution in [0.1, 0.15) is 20.3 Å². The van der Waals surface area contributed by atoms with Crippen molar-refractivity contribution in [3.63, 3.8) is 0 Å². The molecule has 1 heterocycles. The molecule has 0 spiro atoms. The lowest BCUT2D eigenvalue weighted by Gasteiger charge is -2.34. The number of hydrogen-bond acceptors (Lipinski definition) is 3. The van der Waals surface area contributed by atoms with Gasteiger partial charge in [-0.3, -0.25) is 9.69 Å². The van der Waals surface area contributed by atoms with Crippen LogP contribution in [0.5, 0.6) is 0 Å². The molecule has 3 nitrogen and oxygen atoms in total. The highest BCUT2D eigenvalue weighted by Crippen LogP contribution is 2.05. The van der Waals surface area contributed by atoms with Crippen LogP contribution in [0.2, 0.25) is 0 Å². The maximum absolute atomic E-state index is 12.1. The zero-order valence-corrected chi connectivity index (χ0v) is 10.4. The smallest absolute Gasteiger partial charge is 0.136 e. The summed E-state index contributed by atoms with van der Waals surface area (Å²) in [6.07, 6.45) is 0.654. The van der Waals surface area contributed by atoms with Gasteiger partial charge in [0.25, 0.3) is 0 Å². The lowest BCUT2D eigenvalue weighted by Crippen LogP contribution is -2.47. The lowest BCUT2D eigenvalue weighted by molar-refractivity contribution is -0.122. The minimum Gasteiger partial charge on any atom is -0.300 e. The van der Waals surface area contributed by atoms with Crippen LogP contribution in [-0.2, 0) is 4.79 Å². The highest BCUT2D eigenvalue weighted by molar-refractivity contribution is 5.80. The molecule has 1 aliphatic heterocycles. The fourth-order valence-corrected chi connectivity index (χ4v) is 1.91. The topological polar surface area (TPSA) is 23.6 Å². The summed E-state index contributed by atoms with van der Waals surface area (Å²) in [5.41, 5.74) is 0. The molecular formula is C12H23FN2O. The Morgan fingerprint density at radius 1 is 1.12 bits per heavy atom. The average Bonchev–Trinajstić information content (AvgIpc) is 2.28. The number of nitrogens with zero attached hydrogens (tertiary/aromatic N) is 2. The molecule has 4 heteroatoms. The minimum atomic E-state index is -0.258. The van der Waals surface area contributed by atoms with Gasteiger partial charge >= 0.3 is 0 Å². The van der Waals surface area contributed by atoms with E-state index in [9.17, 15) is 9.18 Å². The summed E-state index contributed by atoms with van der Waals surface area (Å²) >= 11 is 0. The van der Waals surface area contributed by atoms with Crippen LogP contribution >= 0.6 is 0 Å². The van der Waals surface area contributed by atoms with E-state index >= 15 is 0 Å². The quantitative estimate of drug-likeness (QED) is 0.685. The Hall–Kier alpha value is -0.480. The van der Waals surface area contributed by atoms with Crippen LogP contribution in [0.3, 0.4) is 0 Å². The van der Waals surface area contributed by atoms with Gasteiger partial charge in [0, 0.05) is 51.6 Å². The summed E-state index contributed by atoms with van der Waals surface area (Å²) in [6.45, 7) is 8.84. The highest BCUT2D eigenvalue weighted by atomic mass is 19.1. The fraction of sp³-hybridized carbons (Fsp3) is 0.917. The summed E-state index contributed by atoms with van der Waals surface area (Å²) in [5, 5.41) is 0. The maximum Gasteiger partial charge on any atom is 0.136 e. The first-order valence-corrected chi connectivity index (χ1v) is 6.17. The number of rotatable bonds is 6. The third-order valence-electron chi connectivity index (χ3n) is 3.18. The second-order valence-corrected chi connectivity index (χ2v) is 4.74. The predicted octanol–water partition coefficient (Wildman–Crippen LogP) is 1.19. The van der Waals surface area contributed by atoms with Gasteiger partial charge in [0.05, 0.1) is 0 Å². The zero-order valence-electron chi connectivity index (χ0n) is 10.4. The van der Waals surface area contributed by atoms with E-state index in [2.05, 4.69) is 9.80 Å². The van der Waals surface area contributed by atoms with E-state index in [0.29, 0.717) is 18.7 Å². The van der Waals surface area contributed by atoms with E-state index in [4.69, 9.17) is 0 Å². The molecule has 0 aliphatic carbocycles. The van der Waals surface area contributed by atoms with Crippen molar-refractivity contribution in [1.82, 2.24) is 9.80 Å². The van der Waals surface area contributed by atoms with Crippen molar-refractivity contribution in [2.75, 3.05) is 45.9 Å². The molecule has 0 aromatic rings. The number of carbonyl (C=O) groups excluding carboxylic acids is 1. The number of ketones is 1. The van der Waals surface area contributed by atoms with Crippen molar-refractivity contribution < 1.29 is 9.18 Å². The number of Topliss-reactive ketones (excluding diaryl/α,β-unsaturated/α-hetero) is 1. The molecule has 0 aromatic heterocycles. The van der Waals surface area contributed by atoms with Crippen molar-refractivity contribution in [3.05, 3.63) is 0 Å². The maximum atomic E-state index is 12.1. The standard InChI is InChI=1S/C12H23FN2O/c1-11(2)12(16)3-5-14-7-9-15(6-4-13)10-8-14/h11H,3-10H2,1-2H3. The van der Waals surface area contributed by atoms with E-state index in [1.54, 1.807) is 0 Å². The van der Waals surface area contributed by atoms with E-state index in [1.807, 2.05) is 13.8 Å². The molecule has 0 atom stereocenters. The average molecular weight is 230 g/mol. The van der Waals surface area contributed by atoms with Crippen LogP contribution in [-0.4, -0.2) is 61.5 Å². The molecule has 1 rings (SSSR count). The summed E-state index contributed by atoms with van der Waals surface area (Å²) in [5.74, 6) is 0.485. The predicted molar refractivity (Wildman–Crippen MR) is 63.3 cm³/mol. The van der Waals surface area contributed by atoms with Crippen LogP contribution in [0, 0.1) is 5.92 Å². The highest BCUT2D eigenvalue weighted by Gasteiger charge is 2.17. The van der Waals surface area contributed by atoms with Crippen molar-refractivity contribution in [3.8, 4) is 0 Å². The Kier molecular flexibility index (Phi) is 5.91. The third kappa shape index (κ3) is 4.58. The van der Waals surface area contributed by atoms with Gasteiger partial charge in [-0.2, -0.15) is 0 Å². The van der Waals surface area contributed by atoms with Gasteiger partial charge in [-0.15, -0.1) is 0 Å². The molecule has 0 unspecified atom stereocenters. The fourth-order valence-electron chi connectivity index (χ4n) is 1.91. The Labute approximate surface area is 97.6 Å². The van der Waals surface area contributed by atoms with E-state index in [0.717, 1.165) is 32.7 Å². The Morgan fingerprint density at radius 2 is 1.62 bits per heavy atom. The normalized spacial score (nSPS) is 19.2. The van der Waals surface area contributed by atoms with Crippen molar-refractivity contribution in [2.24, 2.45) is 5.92 Å². The van der Waals surface area contributed by atoms with E-state index in [-0.39, 0.29) is 12.6 Å². The number of alkyl halides is 1. The first-order valence-electron chi connectivity index (χ1n) is 6.17. The zero-order chi connectivity index (χ0) is 12.0. The second kappa shape index (κ2) is 6.97. The molecule has 0 saturated carbocycles. The molecule has 1 saturated heterocycles. The largest absolute Gasteiger partial charge is 0.300 e. The van der Waals surface area contributed by atoms with Crippen molar-refractivity contribution >= 4 is 5.78 Å². The molecule has 0 radical (unpaired) electrons. The van der Waals surface area contributed by atoms with Crippen molar-refractivity contribution in [2.45, 2.75) is 20.3 Å². The monoisotopic (exact) mass is 230 g/mol. The van der Waals surface area contributed by atoms with Crippen LogP contribution in [0.15, 0.2) is 0 Å². The molecule has 0 N–H and O–H groups in total. The summed E-state index contributed by atoms with van der Waals surface area (Å²) in [4.78, 5) is 15.9. The Bertz CT molecular complexity index is 213. The van der Waals surface area contributed by atoms with Crippen LogP contribution < -0.4 is 0 Å². The summed E-state index contributed by atoms with van der Waals surface area (Å²) in [7, 11) is 0. The molecule has 1 fully saturated rings. The molecular weight excluding hydrogens is 207 g/mol. The SMILES string of the molecule is CC(C)C(=O)CCN1CCN(CCF)CC1. The number of piperazine rings is 1. The Morgan fingerprint density at radius 3 is 2.06 bits per heavy atom. The van der Waals surface area contributed by atoms with Crippen LogP contribution in [0.4, 0.5) is 4.39 Å². The molecule has 0 amide bonds. The number of carbonyl (C=O) groups is 1. The van der Waals surface area contributed by atoms with Gasteiger partial charge < -0.3 is 4.90 Å². The second-order valence-electron chi connectivity index (χ2n) is 4.74. The van der Waals surface area contributed by atoms with Crippen LogP contribution in [0.25, 0.3) is 0 Å². The lowest BCUT2D eigenvalue weighted by atomic mass is 10.1. The van der Waals surface area contributed by atoms with E-state index in [1.165, 1.54) is 0 Å². The van der Waals surface area contributed by atoms with Gasteiger partial charge in [-0.25, -0.2) is 4.39 Å². The molecule has 16 heavy (non-hydrogen) atoms. The van der Waals surface area contributed by atoms with Gasteiger partial charge in [0.15, 0.2) is 0 Å². The first kappa shape index (κ1) is 13.6. The molecule has 1 aliphatic rings.